The molecular weight excluding hydrogens is 262 g/mol. The van der Waals surface area contributed by atoms with E-state index in [0.717, 1.165) is 23.0 Å². The SMILES string of the molecule is Oc1[nH]c2ccccc2c1C=Nc1ccc(F)c(F)c1. The summed E-state index contributed by atoms with van der Waals surface area (Å²) in [6.45, 7) is 0. The summed E-state index contributed by atoms with van der Waals surface area (Å²) in [6.07, 6.45) is 1.42. The van der Waals surface area contributed by atoms with Gasteiger partial charge in [-0.25, -0.2) is 8.78 Å². The molecule has 0 aliphatic rings. The first-order chi connectivity index (χ1) is 9.65. The van der Waals surface area contributed by atoms with Crippen molar-refractivity contribution < 1.29 is 13.9 Å². The standard InChI is InChI=1S/C15H10F2N2O/c16-12-6-5-9(7-13(12)17)18-8-11-10-3-1-2-4-14(10)19-15(11)20/h1-8,19-20H. The average Bonchev–Trinajstić information content (AvgIpc) is 2.76. The van der Waals surface area contributed by atoms with Gasteiger partial charge in [-0.2, -0.15) is 0 Å². The van der Waals surface area contributed by atoms with E-state index in [4.69, 9.17) is 0 Å². The predicted octanol–water partition coefficient (Wildman–Crippen LogP) is 3.90. The number of para-hydroxylation sites is 1. The molecule has 0 bridgehead atoms. The lowest BCUT2D eigenvalue weighted by Crippen LogP contribution is -1.82. The molecule has 0 unspecified atom stereocenters. The monoisotopic (exact) mass is 272 g/mol. The molecule has 1 heterocycles. The van der Waals surface area contributed by atoms with Gasteiger partial charge in [-0.15, -0.1) is 0 Å². The largest absolute Gasteiger partial charge is 0.494 e. The summed E-state index contributed by atoms with van der Waals surface area (Å²) in [5, 5.41) is 10.6. The molecule has 0 atom stereocenters. The Morgan fingerprint density at radius 1 is 1.05 bits per heavy atom. The molecule has 0 fully saturated rings. The Hall–Kier alpha value is -2.69. The number of H-pyrrole nitrogens is 1. The molecule has 0 aliphatic carbocycles. The molecular formula is C15H10F2N2O. The minimum absolute atomic E-state index is 0.0162. The van der Waals surface area contributed by atoms with Crippen molar-refractivity contribution in [3.63, 3.8) is 0 Å². The molecule has 0 radical (unpaired) electrons. The third kappa shape index (κ3) is 2.14. The molecule has 3 aromatic rings. The molecule has 0 spiro atoms. The highest BCUT2D eigenvalue weighted by molar-refractivity contribution is 6.02. The van der Waals surface area contributed by atoms with E-state index < -0.39 is 11.6 Å². The third-order valence-corrected chi connectivity index (χ3v) is 2.97. The summed E-state index contributed by atoms with van der Waals surface area (Å²) in [6, 6.07) is 10.7. The fraction of sp³-hybridized carbons (Fsp3) is 0. The number of nitrogens with zero attached hydrogens (tertiary/aromatic N) is 1. The van der Waals surface area contributed by atoms with Gasteiger partial charge in [0.2, 0.25) is 0 Å². The Morgan fingerprint density at radius 2 is 1.85 bits per heavy atom. The Balaban J connectivity index is 2.02. The van der Waals surface area contributed by atoms with Crippen LogP contribution in [0.25, 0.3) is 10.9 Å². The lowest BCUT2D eigenvalue weighted by molar-refractivity contribution is 0.457. The number of fused-ring (bicyclic) bond motifs is 1. The molecule has 0 saturated carbocycles. The summed E-state index contributed by atoms with van der Waals surface area (Å²) in [5.74, 6) is -1.89. The quantitative estimate of drug-likeness (QED) is 0.683. The van der Waals surface area contributed by atoms with Crippen LogP contribution in [0.15, 0.2) is 47.5 Å². The maximum Gasteiger partial charge on any atom is 0.198 e. The van der Waals surface area contributed by atoms with Crippen molar-refractivity contribution in [2.45, 2.75) is 0 Å². The fourth-order valence-corrected chi connectivity index (χ4v) is 1.98. The molecule has 5 heteroatoms. The maximum absolute atomic E-state index is 13.1. The van der Waals surface area contributed by atoms with Gasteiger partial charge in [0, 0.05) is 23.2 Å². The first-order valence-corrected chi connectivity index (χ1v) is 5.94. The lowest BCUT2D eigenvalue weighted by Gasteiger charge is -1.96. The number of benzene rings is 2. The number of aromatic hydroxyl groups is 1. The lowest BCUT2D eigenvalue weighted by atomic mass is 10.2. The van der Waals surface area contributed by atoms with Crippen molar-refractivity contribution >= 4 is 22.8 Å². The molecule has 100 valence electrons. The zero-order chi connectivity index (χ0) is 14.1. The number of nitrogens with one attached hydrogen (secondary N) is 1. The molecule has 2 N–H and O–H groups in total. The van der Waals surface area contributed by atoms with Crippen LogP contribution in [0.2, 0.25) is 0 Å². The van der Waals surface area contributed by atoms with Crippen molar-refractivity contribution in [3.05, 3.63) is 59.7 Å². The van der Waals surface area contributed by atoms with E-state index in [0.29, 0.717) is 5.56 Å². The van der Waals surface area contributed by atoms with Crippen molar-refractivity contribution in [1.82, 2.24) is 4.98 Å². The van der Waals surface area contributed by atoms with Crippen LogP contribution >= 0.6 is 0 Å². The van der Waals surface area contributed by atoms with Gasteiger partial charge in [0.1, 0.15) is 0 Å². The van der Waals surface area contributed by atoms with E-state index >= 15 is 0 Å². The second-order valence-electron chi connectivity index (χ2n) is 4.29. The van der Waals surface area contributed by atoms with Gasteiger partial charge >= 0.3 is 0 Å². The van der Waals surface area contributed by atoms with E-state index in [-0.39, 0.29) is 11.6 Å². The van der Waals surface area contributed by atoms with Gasteiger partial charge in [-0.1, -0.05) is 18.2 Å². The van der Waals surface area contributed by atoms with Gasteiger partial charge < -0.3 is 10.1 Å². The molecule has 0 aliphatic heterocycles. The van der Waals surface area contributed by atoms with Crippen LogP contribution in [0, 0.1) is 11.6 Å². The number of aromatic nitrogens is 1. The summed E-state index contributed by atoms with van der Waals surface area (Å²) >= 11 is 0. The first-order valence-electron chi connectivity index (χ1n) is 5.94. The average molecular weight is 272 g/mol. The molecule has 0 amide bonds. The molecule has 0 saturated heterocycles. The molecule has 1 aromatic heterocycles. The predicted molar refractivity (Wildman–Crippen MR) is 73.6 cm³/mol. The Labute approximate surface area is 113 Å². The third-order valence-electron chi connectivity index (χ3n) is 2.97. The van der Waals surface area contributed by atoms with Crippen LogP contribution in [0.3, 0.4) is 0 Å². The highest BCUT2D eigenvalue weighted by Crippen LogP contribution is 2.26. The number of aliphatic imine (C=N–C) groups is 1. The molecule has 2 aromatic carbocycles. The van der Waals surface area contributed by atoms with Gasteiger partial charge in [0.05, 0.1) is 11.3 Å². The normalized spacial score (nSPS) is 11.5. The van der Waals surface area contributed by atoms with Crippen molar-refractivity contribution in [2.75, 3.05) is 0 Å². The first kappa shape index (κ1) is 12.3. The number of hydrogen-bond donors (Lipinski definition) is 2. The van der Waals surface area contributed by atoms with E-state index in [9.17, 15) is 13.9 Å². The summed E-state index contributed by atoms with van der Waals surface area (Å²) in [4.78, 5) is 6.86. The number of hydrogen-bond acceptors (Lipinski definition) is 2. The topological polar surface area (TPSA) is 48.4 Å². The second kappa shape index (κ2) is 4.77. The van der Waals surface area contributed by atoms with E-state index in [1.165, 1.54) is 12.3 Å². The number of halogens is 2. The molecule has 3 nitrogen and oxygen atoms in total. The van der Waals surface area contributed by atoms with E-state index in [1.54, 1.807) is 0 Å². The molecule has 3 rings (SSSR count). The van der Waals surface area contributed by atoms with Gasteiger partial charge in [-0.3, -0.25) is 4.99 Å². The number of aromatic amines is 1. The maximum atomic E-state index is 13.1. The van der Waals surface area contributed by atoms with E-state index in [2.05, 4.69) is 9.98 Å². The minimum atomic E-state index is -0.956. The summed E-state index contributed by atoms with van der Waals surface area (Å²) in [7, 11) is 0. The second-order valence-corrected chi connectivity index (χ2v) is 4.29. The van der Waals surface area contributed by atoms with Crippen LogP contribution in [0.1, 0.15) is 5.56 Å². The van der Waals surface area contributed by atoms with Crippen LogP contribution in [-0.4, -0.2) is 16.3 Å². The minimum Gasteiger partial charge on any atom is -0.494 e. The summed E-state index contributed by atoms with van der Waals surface area (Å²) in [5.41, 5.74) is 1.55. The highest BCUT2D eigenvalue weighted by atomic mass is 19.2. The van der Waals surface area contributed by atoms with E-state index in [1.807, 2.05) is 24.3 Å². The van der Waals surface area contributed by atoms with Crippen molar-refractivity contribution in [1.29, 1.82) is 0 Å². The summed E-state index contributed by atoms with van der Waals surface area (Å²) < 4.78 is 25.9. The van der Waals surface area contributed by atoms with Crippen molar-refractivity contribution in [2.24, 2.45) is 4.99 Å². The molecule has 20 heavy (non-hydrogen) atoms. The Kier molecular flexibility index (Phi) is 2.95. The smallest absolute Gasteiger partial charge is 0.198 e. The van der Waals surface area contributed by atoms with Gasteiger partial charge in [0.15, 0.2) is 17.5 Å². The highest BCUT2D eigenvalue weighted by Gasteiger charge is 2.08. The fourth-order valence-electron chi connectivity index (χ4n) is 1.98. The van der Waals surface area contributed by atoms with Crippen LogP contribution in [-0.2, 0) is 0 Å². The number of rotatable bonds is 2. The van der Waals surface area contributed by atoms with Crippen molar-refractivity contribution in [3.8, 4) is 5.88 Å². The van der Waals surface area contributed by atoms with Gasteiger partial charge in [0.25, 0.3) is 0 Å². The van der Waals surface area contributed by atoms with Crippen LogP contribution < -0.4 is 0 Å². The van der Waals surface area contributed by atoms with Gasteiger partial charge in [-0.05, 0) is 18.2 Å². The Morgan fingerprint density at radius 3 is 2.65 bits per heavy atom. The zero-order valence-corrected chi connectivity index (χ0v) is 10.3. The van der Waals surface area contributed by atoms with Crippen LogP contribution in [0.4, 0.5) is 14.5 Å². The van der Waals surface area contributed by atoms with Crippen LogP contribution in [0.5, 0.6) is 5.88 Å². The zero-order valence-electron chi connectivity index (χ0n) is 10.3. The Bertz CT molecular complexity index is 809.